The lowest BCUT2D eigenvalue weighted by atomic mass is 9.65. The normalized spacial score (nSPS) is 15.3. The Morgan fingerprint density at radius 1 is 0.444 bits per heavy atom. The molecule has 1 aromatic heterocycles. The number of ether oxygens (including phenoxy) is 2. The van der Waals surface area contributed by atoms with Crippen molar-refractivity contribution in [3.05, 3.63) is 167 Å². The van der Waals surface area contributed by atoms with E-state index in [0.717, 1.165) is 35.8 Å². The van der Waals surface area contributed by atoms with E-state index in [1.54, 1.807) is 0 Å². The number of fused-ring (bicyclic) bond motifs is 7. The molecule has 0 spiro atoms. The molecular formula is C42H32O2S. The second-order valence-electron chi connectivity index (χ2n) is 12.2. The quantitative estimate of drug-likeness (QED) is 0.200. The van der Waals surface area contributed by atoms with Gasteiger partial charge in [0.2, 0.25) is 0 Å². The third kappa shape index (κ3) is 3.56. The average molecular weight is 601 g/mol. The summed E-state index contributed by atoms with van der Waals surface area (Å²) < 4.78 is 15.5. The monoisotopic (exact) mass is 600 g/mol. The van der Waals surface area contributed by atoms with Crippen molar-refractivity contribution >= 4 is 31.5 Å². The fourth-order valence-corrected chi connectivity index (χ4v) is 9.33. The minimum absolute atomic E-state index is 0.311. The molecule has 7 aromatic rings. The molecule has 3 heterocycles. The number of para-hydroxylation sites is 4. The van der Waals surface area contributed by atoms with Gasteiger partial charge < -0.3 is 9.47 Å². The molecule has 218 valence electrons. The Hall–Kier alpha value is -4.86. The van der Waals surface area contributed by atoms with Crippen LogP contribution in [0.3, 0.4) is 0 Å². The molecule has 9 rings (SSSR count). The van der Waals surface area contributed by atoms with Crippen molar-refractivity contribution < 1.29 is 9.47 Å². The van der Waals surface area contributed by atoms with Crippen LogP contribution in [0.25, 0.3) is 20.2 Å². The summed E-state index contributed by atoms with van der Waals surface area (Å²) in [6.45, 7) is 4.61. The standard InChI is InChI=1S/C42H32O2S/c1-3-41(31-13-5-9-17-35(31)43-36-18-10-6-14-32(36)41)27-21-23-39-29(25-27)30-26-28(22-24-40(30)45-39)42(4-2)33-15-7-11-19-37(33)44-38-20-12-8-16-34(38)42/h5-26H,3-4H2,1-2H3. The molecule has 2 aliphatic rings. The number of hydrogen-bond acceptors (Lipinski definition) is 3. The van der Waals surface area contributed by atoms with Crippen molar-refractivity contribution in [3.8, 4) is 23.0 Å². The largest absolute Gasteiger partial charge is 0.457 e. The van der Waals surface area contributed by atoms with Crippen LogP contribution in [0.5, 0.6) is 23.0 Å². The summed E-state index contributed by atoms with van der Waals surface area (Å²) in [7, 11) is 0. The van der Waals surface area contributed by atoms with Gasteiger partial charge in [0, 0.05) is 42.4 Å². The molecule has 0 radical (unpaired) electrons. The molecule has 2 nitrogen and oxygen atoms in total. The highest BCUT2D eigenvalue weighted by Crippen LogP contribution is 2.56. The SMILES string of the molecule is CCC1(c2ccc3sc4ccc(C5(CC)c6ccccc6Oc6ccccc65)cc4c3c2)c2ccccc2Oc2ccccc21. The van der Waals surface area contributed by atoms with Crippen molar-refractivity contribution in [3.63, 3.8) is 0 Å². The number of hydrogen-bond donors (Lipinski definition) is 0. The Labute approximate surface area is 267 Å². The van der Waals surface area contributed by atoms with Crippen molar-refractivity contribution in [1.29, 1.82) is 0 Å². The molecule has 45 heavy (non-hydrogen) atoms. The van der Waals surface area contributed by atoms with Crippen LogP contribution in [-0.2, 0) is 10.8 Å². The van der Waals surface area contributed by atoms with Gasteiger partial charge in [-0.2, -0.15) is 0 Å². The van der Waals surface area contributed by atoms with Gasteiger partial charge in [-0.1, -0.05) is 98.8 Å². The molecule has 0 atom stereocenters. The zero-order valence-corrected chi connectivity index (χ0v) is 26.2. The lowest BCUT2D eigenvalue weighted by Gasteiger charge is -2.40. The fourth-order valence-electron chi connectivity index (χ4n) is 8.26. The molecule has 0 amide bonds. The predicted molar refractivity (Wildman–Crippen MR) is 186 cm³/mol. The van der Waals surface area contributed by atoms with Crippen LogP contribution in [0, 0.1) is 0 Å². The molecule has 0 saturated carbocycles. The molecular weight excluding hydrogens is 569 g/mol. The molecule has 0 aliphatic carbocycles. The van der Waals surface area contributed by atoms with E-state index in [1.807, 2.05) is 11.3 Å². The highest BCUT2D eigenvalue weighted by molar-refractivity contribution is 7.25. The summed E-state index contributed by atoms with van der Waals surface area (Å²) in [6.07, 6.45) is 1.85. The van der Waals surface area contributed by atoms with Crippen molar-refractivity contribution in [2.24, 2.45) is 0 Å². The highest BCUT2D eigenvalue weighted by Gasteiger charge is 2.44. The summed E-state index contributed by atoms with van der Waals surface area (Å²) in [5.74, 6) is 3.77. The highest BCUT2D eigenvalue weighted by atomic mass is 32.1. The third-order valence-electron chi connectivity index (χ3n) is 10.3. The van der Waals surface area contributed by atoms with Gasteiger partial charge in [-0.3, -0.25) is 0 Å². The van der Waals surface area contributed by atoms with Crippen molar-refractivity contribution in [2.45, 2.75) is 37.5 Å². The minimum atomic E-state index is -0.311. The zero-order chi connectivity index (χ0) is 30.2. The first kappa shape index (κ1) is 26.5. The van der Waals surface area contributed by atoms with E-state index in [4.69, 9.17) is 9.47 Å². The molecule has 2 aliphatic heterocycles. The van der Waals surface area contributed by atoms with E-state index in [1.165, 1.54) is 53.6 Å². The topological polar surface area (TPSA) is 18.5 Å². The first-order valence-corrected chi connectivity index (χ1v) is 16.7. The van der Waals surface area contributed by atoms with Crippen LogP contribution >= 0.6 is 11.3 Å². The summed E-state index contributed by atoms with van der Waals surface area (Å²) in [5, 5.41) is 2.62. The van der Waals surface area contributed by atoms with Crippen LogP contribution < -0.4 is 9.47 Å². The Morgan fingerprint density at radius 2 is 0.778 bits per heavy atom. The molecule has 0 unspecified atom stereocenters. The first-order chi connectivity index (χ1) is 22.2. The maximum absolute atomic E-state index is 6.45. The second-order valence-corrected chi connectivity index (χ2v) is 13.3. The maximum atomic E-state index is 6.45. The van der Waals surface area contributed by atoms with E-state index in [0.29, 0.717) is 0 Å². The minimum Gasteiger partial charge on any atom is -0.457 e. The molecule has 0 fully saturated rings. The van der Waals surface area contributed by atoms with Gasteiger partial charge in [0.05, 0.1) is 10.8 Å². The Kier molecular flexibility index (Phi) is 5.79. The number of thiophene rings is 1. The molecule has 0 N–H and O–H groups in total. The van der Waals surface area contributed by atoms with Gasteiger partial charge >= 0.3 is 0 Å². The van der Waals surface area contributed by atoms with Crippen LogP contribution in [0.15, 0.2) is 133 Å². The fraction of sp³-hybridized carbons (Fsp3) is 0.143. The van der Waals surface area contributed by atoms with Gasteiger partial charge in [-0.05, 0) is 72.5 Å². The lowest BCUT2D eigenvalue weighted by molar-refractivity contribution is 0.412. The molecule has 3 heteroatoms. The number of rotatable bonds is 4. The van der Waals surface area contributed by atoms with E-state index in [9.17, 15) is 0 Å². The van der Waals surface area contributed by atoms with Gasteiger partial charge in [0.15, 0.2) is 0 Å². The number of benzene rings is 6. The predicted octanol–water partition coefficient (Wildman–Crippen LogP) is 11.8. The van der Waals surface area contributed by atoms with Crippen molar-refractivity contribution in [1.82, 2.24) is 0 Å². The van der Waals surface area contributed by atoms with Crippen LogP contribution in [0.1, 0.15) is 60.1 Å². The van der Waals surface area contributed by atoms with Crippen LogP contribution in [0.4, 0.5) is 0 Å². The summed E-state index contributed by atoms with van der Waals surface area (Å²) in [4.78, 5) is 0. The Morgan fingerprint density at radius 3 is 1.11 bits per heavy atom. The van der Waals surface area contributed by atoms with Crippen molar-refractivity contribution in [2.75, 3.05) is 0 Å². The van der Waals surface area contributed by atoms with Gasteiger partial charge in [-0.15, -0.1) is 11.3 Å². The van der Waals surface area contributed by atoms with Crippen LogP contribution in [0.2, 0.25) is 0 Å². The third-order valence-corrected chi connectivity index (χ3v) is 11.5. The average Bonchev–Trinajstić information content (AvgIpc) is 3.47. The van der Waals surface area contributed by atoms with E-state index >= 15 is 0 Å². The summed E-state index contributed by atoms with van der Waals surface area (Å²) in [6, 6.07) is 48.5. The lowest BCUT2D eigenvalue weighted by Crippen LogP contribution is -2.32. The Balaban J connectivity index is 1.30. The summed E-state index contributed by atoms with van der Waals surface area (Å²) >= 11 is 1.88. The zero-order valence-electron chi connectivity index (χ0n) is 25.3. The van der Waals surface area contributed by atoms with Gasteiger partial charge in [-0.25, -0.2) is 0 Å². The van der Waals surface area contributed by atoms with Gasteiger partial charge in [0.1, 0.15) is 23.0 Å². The first-order valence-electron chi connectivity index (χ1n) is 15.9. The molecule has 0 bridgehead atoms. The molecule has 6 aromatic carbocycles. The van der Waals surface area contributed by atoms with Crippen LogP contribution in [-0.4, -0.2) is 0 Å². The van der Waals surface area contributed by atoms with E-state index in [-0.39, 0.29) is 10.8 Å². The van der Waals surface area contributed by atoms with E-state index < -0.39 is 0 Å². The smallest absolute Gasteiger partial charge is 0.131 e. The maximum Gasteiger partial charge on any atom is 0.131 e. The second kappa shape index (κ2) is 9.82. The van der Waals surface area contributed by atoms with E-state index in [2.05, 4.69) is 147 Å². The summed E-state index contributed by atoms with van der Waals surface area (Å²) in [5.41, 5.74) is 6.90. The Bertz CT molecular complexity index is 2030. The molecule has 0 saturated heterocycles. The van der Waals surface area contributed by atoms with Gasteiger partial charge in [0.25, 0.3) is 0 Å².